The molecule has 134 valence electrons. The average Bonchev–Trinajstić information content (AvgIpc) is 2.60. The topological polar surface area (TPSA) is 87.6 Å². The normalized spacial score (nSPS) is 11.2. The Morgan fingerprint density at radius 1 is 1.16 bits per heavy atom. The highest BCUT2D eigenvalue weighted by atomic mass is 32.2. The lowest BCUT2D eigenvalue weighted by Gasteiger charge is -2.14. The predicted octanol–water partition coefficient (Wildman–Crippen LogP) is 1.15. The minimum Gasteiger partial charge on any atom is -0.359 e. The van der Waals surface area contributed by atoms with Crippen molar-refractivity contribution in [3.8, 4) is 0 Å². The van der Waals surface area contributed by atoms with Crippen LogP contribution in [0.3, 0.4) is 0 Å². The molecule has 1 aromatic carbocycles. The zero-order chi connectivity index (χ0) is 18.3. The van der Waals surface area contributed by atoms with E-state index in [1.165, 1.54) is 18.4 Å². The first-order valence-corrected chi connectivity index (χ1v) is 9.52. The number of thiocarbonyl (C=S) groups is 1. The van der Waals surface area contributed by atoms with Crippen LogP contribution < -0.4 is 20.9 Å². The summed E-state index contributed by atoms with van der Waals surface area (Å²) >= 11 is 5.24. The summed E-state index contributed by atoms with van der Waals surface area (Å²) in [7, 11) is -0.473. The summed E-state index contributed by atoms with van der Waals surface area (Å²) in [5.41, 5.74) is 0.616. The fourth-order valence-corrected chi connectivity index (χ4v) is 3.16. The summed E-state index contributed by atoms with van der Waals surface area (Å²) in [5.74, 6) is 0.921. The van der Waals surface area contributed by atoms with Gasteiger partial charge in [0.25, 0.3) is 5.82 Å². The molecule has 0 aliphatic rings. The van der Waals surface area contributed by atoms with Gasteiger partial charge in [0, 0.05) is 25.8 Å². The van der Waals surface area contributed by atoms with Crippen molar-refractivity contribution in [1.82, 2.24) is 9.62 Å². The number of H-pyrrole nitrogens is 1. The van der Waals surface area contributed by atoms with Gasteiger partial charge in [-0.15, -0.1) is 0 Å². The number of nitrogens with one attached hydrogen (secondary N) is 4. The van der Waals surface area contributed by atoms with Gasteiger partial charge in [0.05, 0.1) is 17.6 Å². The lowest BCUT2D eigenvalue weighted by Crippen LogP contribution is -2.33. The van der Waals surface area contributed by atoms with E-state index >= 15 is 0 Å². The lowest BCUT2D eigenvalue weighted by molar-refractivity contribution is -0.361. The fourth-order valence-electron chi connectivity index (χ4n) is 2.00. The van der Waals surface area contributed by atoms with Gasteiger partial charge in [-0.1, -0.05) is 12.1 Å². The third-order valence-electron chi connectivity index (χ3n) is 3.31. The van der Waals surface area contributed by atoms with E-state index in [1.807, 2.05) is 24.4 Å². The highest BCUT2D eigenvalue weighted by Gasteiger charge is 2.17. The van der Waals surface area contributed by atoms with Crippen LogP contribution in [0.4, 0.5) is 11.5 Å². The van der Waals surface area contributed by atoms with E-state index in [0.29, 0.717) is 23.9 Å². The number of hydrogen-bond acceptors (Lipinski definition) is 4. The molecule has 0 saturated heterocycles. The molecule has 9 heteroatoms. The van der Waals surface area contributed by atoms with Gasteiger partial charge >= 0.3 is 0 Å². The maximum absolute atomic E-state index is 12.2. The van der Waals surface area contributed by atoms with Crippen LogP contribution in [0.25, 0.3) is 0 Å². The van der Waals surface area contributed by atoms with E-state index < -0.39 is 10.0 Å². The number of hydrogen-bond donors (Lipinski definition) is 3. The maximum atomic E-state index is 12.2. The Hall–Kier alpha value is -2.23. The Labute approximate surface area is 153 Å². The smallest absolute Gasteiger partial charge is 0.272 e. The Balaban J connectivity index is 1.84. The molecule has 7 nitrogen and oxygen atoms in total. The van der Waals surface area contributed by atoms with Crippen molar-refractivity contribution in [2.24, 2.45) is 0 Å². The van der Waals surface area contributed by atoms with E-state index in [1.54, 1.807) is 24.3 Å². The Morgan fingerprint density at radius 3 is 2.64 bits per heavy atom. The summed E-state index contributed by atoms with van der Waals surface area (Å²) in [5, 5.41) is 9.70. The number of aromatic nitrogens is 1. The predicted molar refractivity (Wildman–Crippen MR) is 103 cm³/mol. The third-order valence-corrected chi connectivity index (χ3v) is 5.36. The summed E-state index contributed by atoms with van der Waals surface area (Å²) in [6.07, 6.45) is 1.84. The highest BCUT2D eigenvalue weighted by Crippen LogP contribution is 2.17. The minimum atomic E-state index is -3.47. The summed E-state index contributed by atoms with van der Waals surface area (Å²) in [6, 6.07) is 12.3. The first-order valence-electron chi connectivity index (χ1n) is 7.67. The van der Waals surface area contributed by atoms with E-state index in [2.05, 4.69) is 20.9 Å². The second-order valence-electron chi connectivity index (χ2n) is 5.40. The number of sulfonamides is 1. The fraction of sp³-hybridized carbons (Fsp3) is 0.250. The van der Waals surface area contributed by atoms with E-state index in [0.717, 1.165) is 5.82 Å². The molecule has 0 spiro atoms. The summed E-state index contributed by atoms with van der Waals surface area (Å²) in [6.45, 7) is 1.29. The first-order chi connectivity index (χ1) is 11.9. The van der Waals surface area contributed by atoms with Crippen molar-refractivity contribution < 1.29 is 13.4 Å². The lowest BCUT2D eigenvalue weighted by atomic mass is 10.3. The van der Waals surface area contributed by atoms with Gasteiger partial charge in [0.15, 0.2) is 5.11 Å². The van der Waals surface area contributed by atoms with Gasteiger partial charge in [-0.2, -0.15) is 0 Å². The maximum Gasteiger partial charge on any atom is 0.272 e. The number of aromatic amines is 1. The van der Waals surface area contributed by atoms with Gasteiger partial charge in [-0.25, -0.2) is 17.7 Å². The van der Waals surface area contributed by atoms with Crippen LogP contribution in [0, 0.1) is 0 Å². The number of benzene rings is 1. The molecule has 1 heterocycles. The Bertz CT molecular complexity index is 810. The SMILES string of the molecule is CN(C)S(=O)(=O)c1cccc(NC(=S)NCCNc2cccc[nH+]2)c1. The van der Waals surface area contributed by atoms with Crippen molar-refractivity contribution in [2.75, 3.05) is 37.8 Å². The van der Waals surface area contributed by atoms with Gasteiger partial charge in [0.1, 0.15) is 6.54 Å². The number of nitrogens with zero attached hydrogens (tertiary/aromatic N) is 1. The molecular weight excluding hydrogens is 358 g/mol. The molecule has 0 fully saturated rings. The molecule has 2 rings (SSSR count). The Morgan fingerprint density at radius 2 is 1.96 bits per heavy atom. The van der Waals surface area contributed by atoms with Crippen molar-refractivity contribution in [2.45, 2.75) is 4.90 Å². The molecule has 1 aromatic heterocycles. The molecule has 0 aliphatic heterocycles. The largest absolute Gasteiger partial charge is 0.359 e. The summed E-state index contributed by atoms with van der Waals surface area (Å²) in [4.78, 5) is 3.29. The van der Waals surface area contributed by atoms with E-state index in [-0.39, 0.29) is 4.90 Å². The van der Waals surface area contributed by atoms with Crippen LogP contribution in [0.2, 0.25) is 0 Å². The standard InChI is InChI=1S/C16H21N5O2S2/c1-21(2)25(22,23)14-7-5-6-13(12-14)20-16(24)19-11-10-18-15-8-3-4-9-17-15/h3-9,12H,10-11H2,1-2H3,(H,17,18)(H2,19,20,24)/p+1. The molecule has 4 N–H and O–H groups in total. The number of rotatable bonds is 7. The molecule has 0 amide bonds. The number of pyridine rings is 1. The molecule has 2 aromatic rings. The van der Waals surface area contributed by atoms with Crippen LogP contribution >= 0.6 is 12.2 Å². The monoisotopic (exact) mass is 380 g/mol. The second kappa shape index (κ2) is 8.75. The van der Waals surface area contributed by atoms with Crippen molar-refractivity contribution in [1.29, 1.82) is 0 Å². The van der Waals surface area contributed by atoms with Crippen molar-refractivity contribution in [3.05, 3.63) is 48.7 Å². The van der Waals surface area contributed by atoms with Crippen LogP contribution in [0.5, 0.6) is 0 Å². The second-order valence-corrected chi connectivity index (χ2v) is 7.96. The summed E-state index contributed by atoms with van der Waals surface area (Å²) < 4.78 is 25.5. The molecule has 0 bridgehead atoms. The van der Waals surface area contributed by atoms with Gasteiger partial charge < -0.3 is 10.6 Å². The van der Waals surface area contributed by atoms with Crippen molar-refractivity contribution in [3.63, 3.8) is 0 Å². The van der Waals surface area contributed by atoms with Gasteiger partial charge in [-0.05, 0) is 36.5 Å². The Kier molecular flexibility index (Phi) is 6.68. The van der Waals surface area contributed by atoms with E-state index in [4.69, 9.17) is 12.2 Å². The zero-order valence-corrected chi connectivity index (χ0v) is 15.7. The molecule has 0 unspecified atom stereocenters. The van der Waals surface area contributed by atoms with Crippen LogP contribution in [-0.4, -0.2) is 45.0 Å². The van der Waals surface area contributed by atoms with Gasteiger partial charge in [0.2, 0.25) is 10.0 Å². The van der Waals surface area contributed by atoms with Crippen LogP contribution in [-0.2, 0) is 10.0 Å². The van der Waals surface area contributed by atoms with Gasteiger partial charge in [-0.3, -0.25) is 5.32 Å². The average molecular weight is 381 g/mol. The zero-order valence-electron chi connectivity index (χ0n) is 14.1. The molecular formula is C16H22N5O2S2+. The number of anilines is 2. The molecule has 25 heavy (non-hydrogen) atoms. The molecule has 0 atom stereocenters. The first kappa shape index (κ1) is 19.1. The van der Waals surface area contributed by atoms with E-state index in [9.17, 15) is 8.42 Å². The third kappa shape index (κ3) is 5.66. The molecule has 0 radical (unpaired) electrons. The van der Waals surface area contributed by atoms with Crippen LogP contribution in [0.15, 0.2) is 53.6 Å². The van der Waals surface area contributed by atoms with Crippen molar-refractivity contribution >= 4 is 38.9 Å². The quantitative estimate of drug-likeness (QED) is 0.493. The highest BCUT2D eigenvalue weighted by molar-refractivity contribution is 7.89. The van der Waals surface area contributed by atoms with Crippen LogP contribution in [0.1, 0.15) is 0 Å². The molecule has 0 aliphatic carbocycles. The molecule has 0 saturated carbocycles. The minimum absolute atomic E-state index is 0.214.